The lowest BCUT2D eigenvalue weighted by atomic mass is 9.95. The zero-order valence-corrected chi connectivity index (χ0v) is 9.09. The molecule has 0 fully saturated rings. The molecule has 1 nitrogen and oxygen atoms in total. The Morgan fingerprint density at radius 3 is 2.33 bits per heavy atom. The first-order chi connectivity index (χ1) is 5.45. The summed E-state index contributed by atoms with van der Waals surface area (Å²) in [7, 11) is 0. The van der Waals surface area contributed by atoms with Gasteiger partial charge in [-0.2, -0.15) is 0 Å². The van der Waals surface area contributed by atoms with E-state index in [-0.39, 0.29) is 12.0 Å². The Labute approximate surface area is 82.0 Å². The summed E-state index contributed by atoms with van der Waals surface area (Å²) in [6.07, 6.45) is 0. The smallest absolute Gasteiger partial charge is 0.0789 e. The third-order valence-corrected chi connectivity index (χ3v) is 3.63. The highest BCUT2D eigenvalue weighted by molar-refractivity contribution is 7.12. The van der Waals surface area contributed by atoms with Crippen LogP contribution in [0.15, 0.2) is 6.07 Å². The fourth-order valence-electron chi connectivity index (χ4n) is 0.884. The number of hydrogen-bond acceptors (Lipinski definition) is 2. The molecule has 0 saturated heterocycles. The van der Waals surface area contributed by atoms with E-state index in [0.717, 1.165) is 4.88 Å². The molecule has 0 radical (unpaired) electrons. The third-order valence-electron chi connectivity index (χ3n) is 1.64. The van der Waals surface area contributed by atoms with Gasteiger partial charge in [-0.25, -0.2) is 0 Å². The molecule has 0 saturated carbocycles. The van der Waals surface area contributed by atoms with Crippen LogP contribution in [-0.4, -0.2) is 5.11 Å². The van der Waals surface area contributed by atoms with Gasteiger partial charge in [0.05, 0.1) is 11.6 Å². The van der Waals surface area contributed by atoms with E-state index in [9.17, 15) is 0 Å². The average molecular weight is 205 g/mol. The van der Waals surface area contributed by atoms with E-state index in [4.69, 9.17) is 16.7 Å². The van der Waals surface area contributed by atoms with Crippen molar-refractivity contribution in [2.75, 3.05) is 0 Å². The maximum absolute atomic E-state index is 8.92. The summed E-state index contributed by atoms with van der Waals surface area (Å²) in [5.41, 5.74) is 0.127. The van der Waals surface area contributed by atoms with Gasteiger partial charge in [-0.15, -0.1) is 11.3 Å². The molecule has 0 aliphatic rings. The zero-order chi connectivity index (χ0) is 9.35. The van der Waals surface area contributed by atoms with Crippen LogP contribution in [0.1, 0.15) is 30.5 Å². The van der Waals surface area contributed by atoms with Crippen LogP contribution in [0.3, 0.4) is 0 Å². The topological polar surface area (TPSA) is 20.2 Å². The highest BCUT2D eigenvalue weighted by atomic mass is 35.5. The highest BCUT2D eigenvalue weighted by Gasteiger charge is 2.18. The number of aliphatic hydroxyl groups is 1. The molecule has 68 valence electrons. The second-order valence-corrected chi connectivity index (χ2v) is 5.33. The lowest BCUT2D eigenvalue weighted by molar-refractivity contribution is 0.285. The summed E-state index contributed by atoms with van der Waals surface area (Å²) in [5.74, 6) is 0. The van der Waals surface area contributed by atoms with Gasteiger partial charge in [0, 0.05) is 9.75 Å². The van der Waals surface area contributed by atoms with E-state index in [1.165, 1.54) is 4.88 Å². The Balaban J connectivity index is 3.05. The zero-order valence-electron chi connectivity index (χ0n) is 7.52. The van der Waals surface area contributed by atoms with E-state index in [1.54, 1.807) is 11.3 Å². The molecule has 0 spiro atoms. The second-order valence-electron chi connectivity index (χ2n) is 3.79. The predicted molar refractivity (Wildman–Crippen MR) is 54.0 cm³/mol. The molecule has 0 atom stereocenters. The minimum atomic E-state index is 0.0413. The van der Waals surface area contributed by atoms with Crippen LogP contribution in [0.5, 0.6) is 0 Å². The van der Waals surface area contributed by atoms with Gasteiger partial charge in [-0.1, -0.05) is 32.4 Å². The Morgan fingerprint density at radius 1 is 1.50 bits per heavy atom. The first-order valence-electron chi connectivity index (χ1n) is 3.84. The fourth-order valence-corrected chi connectivity index (χ4v) is 2.20. The summed E-state index contributed by atoms with van der Waals surface area (Å²) in [6, 6.07) is 1.94. The molecule has 0 aliphatic carbocycles. The number of aliphatic hydroxyl groups excluding tert-OH is 1. The molecule has 1 aromatic heterocycles. The summed E-state index contributed by atoms with van der Waals surface area (Å²) >= 11 is 7.49. The Morgan fingerprint density at radius 2 is 2.08 bits per heavy atom. The molecule has 1 aromatic rings. The van der Waals surface area contributed by atoms with Crippen LogP contribution in [0.25, 0.3) is 0 Å². The summed E-state index contributed by atoms with van der Waals surface area (Å²) < 4.78 is 0. The molecule has 0 aromatic carbocycles. The van der Waals surface area contributed by atoms with E-state index < -0.39 is 0 Å². The van der Waals surface area contributed by atoms with Crippen molar-refractivity contribution in [1.29, 1.82) is 0 Å². The van der Waals surface area contributed by atoms with E-state index in [1.807, 2.05) is 6.07 Å². The number of rotatable bonds is 1. The predicted octanol–water partition coefficient (Wildman–Crippen LogP) is 3.19. The van der Waals surface area contributed by atoms with E-state index >= 15 is 0 Å². The van der Waals surface area contributed by atoms with Gasteiger partial charge >= 0.3 is 0 Å². The lowest BCUT2D eigenvalue weighted by Crippen LogP contribution is -2.07. The van der Waals surface area contributed by atoms with E-state index in [0.29, 0.717) is 5.02 Å². The van der Waals surface area contributed by atoms with Crippen LogP contribution in [-0.2, 0) is 12.0 Å². The van der Waals surface area contributed by atoms with Crippen molar-refractivity contribution in [2.45, 2.75) is 32.8 Å². The van der Waals surface area contributed by atoms with Gasteiger partial charge in [0.15, 0.2) is 0 Å². The summed E-state index contributed by atoms with van der Waals surface area (Å²) in [6.45, 7) is 6.45. The van der Waals surface area contributed by atoms with Crippen LogP contribution in [0.2, 0.25) is 5.02 Å². The molecule has 1 rings (SSSR count). The maximum atomic E-state index is 8.92. The van der Waals surface area contributed by atoms with Crippen molar-refractivity contribution < 1.29 is 5.11 Å². The monoisotopic (exact) mass is 204 g/mol. The molecule has 3 heteroatoms. The molecule has 1 heterocycles. The van der Waals surface area contributed by atoms with Gasteiger partial charge in [-0.05, 0) is 11.5 Å². The van der Waals surface area contributed by atoms with Crippen molar-refractivity contribution in [1.82, 2.24) is 0 Å². The van der Waals surface area contributed by atoms with Gasteiger partial charge in [0.25, 0.3) is 0 Å². The van der Waals surface area contributed by atoms with Crippen LogP contribution < -0.4 is 0 Å². The molecular weight excluding hydrogens is 192 g/mol. The minimum absolute atomic E-state index is 0.0413. The van der Waals surface area contributed by atoms with Gasteiger partial charge in [-0.3, -0.25) is 0 Å². The standard InChI is InChI=1S/C9H13ClOS/c1-9(2,3)8-4-6(10)7(5-11)12-8/h4,11H,5H2,1-3H3. The van der Waals surface area contributed by atoms with Crippen molar-refractivity contribution in [3.05, 3.63) is 20.8 Å². The normalized spacial score (nSPS) is 12.1. The molecule has 1 N–H and O–H groups in total. The SMILES string of the molecule is CC(C)(C)c1cc(Cl)c(CO)s1. The van der Waals surface area contributed by atoms with Crippen LogP contribution in [0.4, 0.5) is 0 Å². The number of hydrogen-bond donors (Lipinski definition) is 1. The number of halogens is 1. The number of thiophene rings is 1. The maximum Gasteiger partial charge on any atom is 0.0789 e. The molecule has 0 aliphatic heterocycles. The molecule has 0 unspecified atom stereocenters. The first-order valence-corrected chi connectivity index (χ1v) is 5.04. The van der Waals surface area contributed by atoms with Crippen molar-refractivity contribution in [2.24, 2.45) is 0 Å². The van der Waals surface area contributed by atoms with Crippen molar-refractivity contribution in [3.8, 4) is 0 Å². The Kier molecular flexibility index (Phi) is 2.81. The quantitative estimate of drug-likeness (QED) is 0.745. The Bertz CT molecular complexity index is 273. The van der Waals surface area contributed by atoms with Gasteiger partial charge < -0.3 is 5.11 Å². The fraction of sp³-hybridized carbons (Fsp3) is 0.556. The first kappa shape index (κ1) is 10.0. The second kappa shape index (κ2) is 3.36. The lowest BCUT2D eigenvalue weighted by Gasteiger charge is -2.15. The minimum Gasteiger partial charge on any atom is -0.391 e. The molecule has 0 amide bonds. The molecule has 12 heavy (non-hydrogen) atoms. The highest BCUT2D eigenvalue weighted by Crippen LogP contribution is 2.34. The van der Waals surface area contributed by atoms with Crippen molar-refractivity contribution >= 4 is 22.9 Å². The average Bonchev–Trinajstić information content (AvgIpc) is 2.29. The third kappa shape index (κ3) is 2.00. The van der Waals surface area contributed by atoms with Crippen LogP contribution >= 0.6 is 22.9 Å². The van der Waals surface area contributed by atoms with Crippen molar-refractivity contribution in [3.63, 3.8) is 0 Å². The largest absolute Gasteiger partial charge is 0.391 e. The van der Waals surface area contributed by atoms with Crippen LogP contribution in [0, 0.1) is 0 Å². The van der Waals surface area contributed by atoms with Gasteiger partial charge in [0.2, 0.25) is 0 Å². The van der Waals surface area contributed by atoms with E-state index in [2.05, 4.69) is 20.8 Å². The Hall–Kier alpha value is -0.0500. The molecular formula is C9H13ClOS. The van der Waals surface area contributed by atoms with Gasteiger partial charge in [0.1, 0.15) is 0 Å². The molecule has 0 bridgehead atoms. The summed E-state index contributed by atoms with van der Waals surface area (Å²) in [4.78, 5) is 2.08. The summed E-state index contributed by atoms with van der Waals surface area (Å²) in [5, 5.41) is 9.61.